The van der Waals surface area contributed by atoms with Crippen molar-refractivity contribution in [1.29, 1.82) is 0 Å². The normalized spacial score (nSPS) is 24.7. The predicted octanol–water partition coefficient (Wildman–Crippen LogP) is -1.60. The summed E-state index contributed by atoms with van der Waals surface area (Å²) in [5, 5.41) is 71.8. The molecule has 4 aliphatic heterocycles. The summed E-state index contributed by atoms with van der Waals surface area (Å²) >= 11 is 0.743. The number of phenols is 1. The summed E-state index contributed by atoms with van der Waals surface area (Å²) in [6.07, 6.45) is 6.19. The van der Waals surface area contributed by atoms with Gasteiger partial charge in [-0.05, 0) is 124 Å². The average Bonchev–Trinajstić information content (AvgIpc) is 1.68. The van der Waals surface area contributed by atoms with E-state index in [1.54, 1.807) is 82.4 Å². The maximum absolute atomic E-state index is 16.0. The Labute approximate surface area is 832 Å². The SMILES string of the molecule is C#CCC(NC(=O)CNC(=O)[C@@H]1CSCC(=O)N[C@@H](Cc2ccc(O)cc2)C(=O)N2CCCC[C@H]2C(=O)N[C@@H](CC(N)=O)C(=O)N2CCC[C@H]2C(=O)N[C@@H](CN)C(=O)N[C@@H](CC(C)C)C(=O)N2C[C@H](O)C[C@H]2C(=O)N[C@@H](Cc2c[nH]c3ccccc23)C(=O)N[C@@H](CCN)C(=O)N[C@@H](Cc2cn(CC(=O)O)c3ccccc23)C(=O)N(C)[C@@H](CCCC)C(=O)N(C)[C@@H](CCCC)C(=O)N[C@@H](CC(C)C)C(=O)N1)C(=O)O. The van der Waals surface area contributed by atoms with Gasteiger partial charge in [-0.2, -0.15) is 0 Å². The van der Waals surface area contributed by atoms with E-state index in [0.29, 0.717) is 77.0 Å². The Balaban J connectivity index is 1.12. The van der Waals surface area contributed by atoms with Crippen molar-refractivity contribution in [1.82, 2.24) is 92.5 Å². The van der Waals surface area contributed by atoms with Crippen molar-refractivity contribution in [3.05, 3.63) is 102 Å². The second-order valence-corrected chi connectivity index (χ2v) is 38.7. The first-order valence-corrected chi connectivity index (χ1v) is 49.7. The molecule has 143 heavy (non-hydrogen) atoms. The molecule has 17 amide bonds. The van der Waals surface area contributed by atoms with Crippen LogP contribution in [-0.4, -0.2) is 328 Å². The molecule has 778 valence electrons. The van der Waals surface area contributed by atoms with E-state index >= 15 is 43.2 Å². The number of aromatic amines is 1. The largest absolute Gasteiger partial charge is 0.508 e. The van der Waals surface area contributed by atoms with E-state index in [-0.39, 0.29) is 95.5 Å². The number of aliphatic hydroxyl groups is 1. The number of aromatic nitrogens is 2. The van der Waals surface area contributed by atoms with Crippen LogP contribution in [0.1, 0.15) is 167 Å². The highest BCUT2D eigenvalue weighted by atomic mass is 32.2. The van der Waals surface area contributed by atoms with Gasteiger partial charge in [0, 0.05) is 112 Å². The fourth-order valence-corrected chi connectivity index (χ4v) is 19.2. The van der Waals surface area contributed by atoms with E-state index in [9.17, 15) is 68.4 Å². The van der Waals surface area contributed by atoms with Gasteiger partial charge in [0.25, 0.3) is 0 Å². The zero-order valence-electron chi connectivity index (χ0n) is 81.9. The lowest BCUT2D eigenvalue weighted by molar-refractivity contribution is -0.149. The van der Waals surface area contributed by atoms with Crippen LogP contribution in [0.5, 0.6) is 5.75 Å². The van der Waals surface area contributed by atoms with Crippen LogP contribution in [0.2, 0.25) is 0 Å². The number of hydrogen-bond donors (Lipinski definition) is 19. The molecule has 45 heteroatoms. The first-order chi connectivity index (χ1) is 68.1. The summed E-state index contributed by atoms with van der Waals surface area (Å²) < 4.78 is 1.43. The molecule has 2 aromatic heterocycles. The minimum absolute atomic E-state index is 0.0205. The Hall–Kier alpha value is -13.7. The molecular weight excluding hydrogens is 1870 g/mol. The minimum Gasteiger partial charge on any atom is -0.508 e. The van der Waals surface area contributed by atoms with Crippen LogP contribution in [-0.2, 0) is 117 Å². The van der Waals surface area contributed by atoms with Crippen LogP contribution in [0.3, 0.4) is 0 Å². The van der Waals surface area contributed by atoms with Gasteiger partial charge in [0.05, 0.1) is 24.8 Å². The summed E-state index contributed by atoms with van der Waals surface area (Å²) in [5.41, 5.74) is 20.6. The number of H-pyrrole nitrogens is 1. The molecule has 0 bridgehead atoms. The Kier molecular flexibility index (Phi) is 42.6. The average molecular weight is 2010 g/mol. The fourth-order valence-electron chi connectivity index (χ4n) is 18.4. The van der Waals surface area contributed by atoms with Crippen LogP contribution in [0.4, 0.5) is 0 Å². The molecule has 22 N–H and O–H groups in total. The number of hydrogen-bond acceptors (Lipinski definition) is 24. The van der Waals surface area contributed by atoms with E-state index in [1.807, 2.05) is 13.8 Å². The van der Waals surface area contributed by atoms with Crippen molar-refractivity contribution >= 4 is 146 Å². The topological polar surface area (TPSA) is 653 Å². The molecule has 0 saturated carbocycles. The van der Waals surface area contributed by atoms with E-state index in [0.717, 1.165) is 31.4 Å². The van der Waals surface area contributed by atoms with Crippen molar-refractivity contribution in [2.75, 3.05) is 64.9 Å². The number of terminal acetylenes is 1. The van der Waals surface area contributed by atoms with E-state index in [1.165, 1.54) is 54.0 Å². The van der Waals surface area contributed by atoms with Gasteiger partial charge >= 0.3 is 11.9 Å². The number of nitrogens with zero attached hydrogens (tertiary/aromatic N) is 6. The number of fused-ring (bicyclic) bond motifs is 5. The van der Waals surface area contributed by atoms with Crippen LogP contribution < -0.4 is 75.7 Å². The number of nitrogens with one attached hydrogen (secondary N) is 12. The number of piperidine rings is 1. The van der Waals surface area contributed by atoms with Gasteiger partial charge in [0.2, 0.25) is 100 Å². The summed E-state index contributed by atoms with van der Waals surface area (Å²) in [6, 6.07) is -4.05. The third kappa shape index (κ3) is 31.4. The molecule has 0 spiro atoms. The highest BCUT2D eigenvalue weighted by Gasteiger charge is 2.48. The molecule has 5 aromatic rings. The zero-order chi connectivity index (χ0) is 105. The highest BCUT2D eigenvalue weighted by molar-refractivity contribution is 8.00. The molecule has 4 aliphatic rings. The predicted molar refractivity (Wildman–Crippen MR) is 526 cm³/mol. The number of aromatic hydroxyl groups is 1. The van der Waals surface area contributed by atoms with Crippen LogP contribution in [0.15, 0.2) is 85.2 Å². The Morgan fingerprint density at radius 1 is 0.559 bits per heavy atom. The number of carbonyl (C=O) groups is 19. The van der Waals surface area contributed by atoms with Crippen LogP contribution >= 0.6 is 11.8 Å². The number of primary amides is 1. The lowest BCUT2D eigenvalue weighted by Crippen LogP contribution is -2.62. The van der Waals surface area contributed by atoms with Gasteiger partial charge in [0.1, 0.15) is 103 Å². The number of thioether (sulfide) groups is 1. The number of aliphatic carboxylic acids is 2. The first-order valence-electron chi connectivity index (χ1n) is 48.6. The number of carboxylic acid groups (broad SMARTS) is 2. The molecule has 0 radical (unpaired) electrons. The van der Waals surface area contributed by atoms with Gasteiger partial charge in [-0.25, -0.2) is 4.79 Å². The van der Waals surface area contributed by atoms with Gasteiger partial charge in [-0.3, -0.25) is 86.3 Å². The Morgan fingerprint density at radius 3 is 1.73 bits per heavy atom. The third-order valence-corrected chi connectivity index (χ3v) is 26.8. The Bertz CT molecular complexity index is 5450. The number of benzene rings is 3. The maximum atomic E-state index is 16.0. The number of carboxylic acids is 2. The van der Waals surface area contributed by atoms with Crippen LogP contribution in [0, 0.1) is 24.2 Å². The molecule has 1 unspecified atom stereocenters. The van der Waals surface area contributed by atoms with Crippen molar-refractivity contribution in [3.63, 3.8) is 0 Å². The molecule has 3 aromatic carbocycles. The molecule has 16 atom stereocenters. The first kappa shape index (κ1) is 113. The number of rotatable bonds is 29. The number of para-hydroxylation sites is 2. The minimum atomic E-state index is -1.77. The zero-order valence-corrected chi connectivity index (χ0v) is 82.7. The van der Waals surface area contributed by atoms with Gasteiger partial charge in [0.15, 0.2) is 0 Å². The van der Waals surface area contributed by atoms with Crippen molar-refractivity contribution in [2.45, 2.75) is 273 Å². The standard InChI is InChI=1S/C98H137N21O23S/c1-10-13-26-75-89(132)107-66(39-54(4)5)86(129)113-73(84(127)103-48-81(123)104-65(22-12-3)98(141)142)52-143-53-82(124)105-69(41-56-31-33-59(120)34-32-56)94(137)117-37-20-19-29-76(117)90(133)111-71(45-80(101)122)95(138)118-38-21-30-77(118)91(134)112-72(46-100)88(131)109-68(40-55(6)7)96(139)119-50-60(121)44-79(119)92(135)108-67(42-57-47-102-63-25-17-15-23-61(57)63)87(130)106-64(35-36-99)85(128)110-70(93(136)115(9)78(27-14-11-2)97(140)114(75)8)43-58-49-116(51-83(125)126)74-28-18-16-24-62(58)74/h3,15-18,23-25,28,31-34,47,49,54-55,60,64-73,75-79,102,120-121H,10-11,13-14,19-22,26-27,29-30,35-46,48,50-53,99-100H2,1-2,4-9H3,(H2,101,122)(H,103,127)(H,104,123)(H,105,124)(H,106,130)(H,107,132)(H,108,135)(H,109,131)(H,110,128)(H,111,133)(H,112,134)(H,113,129)(H,125,126)(H,141,142)/t60-,64+,65?,66+,67+,68+,69+,70+,71+,72+,73+,75+,76+,77+,78+,79+/m1/s1. The van der Waals surface area contributed by atoms with Crippen molar-refractivity contribution in [3.8, 4) is 18.1 Å². The number of likely N-dealkylation sites (N-methyl/N-ethyl adjacent to an activating group) is 2. The lowest BCUT2D eigenvalue weighted by atomic mass is 9.97. The summed E-state index contributed by atoms with van der Waals surface area (Å²) in [7, 11) is 2.66. The molecule has 6 heterocycles. The molecule has 44 nitrogen and oxygen atoms in total. The number of nitrogens with two attached hydrogens (primary N) is 3. The van der Waals surface area contributed by atoms with E-state index in [4.69, 9.17) is 23.6 Å². The van der Waals surface area contributed by atoms with Crippen LogP contribution in [0.25, 0.3) is 21.8 Å². The molecule has 4 saturated heterocycles. The van der Waals surface area contributed by atoms with Crippen molar-refractivity contribution in [2.24, 2.45) is 29.0 Å². The number of unbranched alkanes of at least 4 members (excludes halogenated alkanes) is 2. The van der Waals surface area contributed by atoms with Gasteiger partial charge in [-0.15, -0.1) is 24.1 Å². The second kappa shape index (κ2) is 53.9. The number of amides is 17. The van der Waals surface area contributed by atoms with Crippen molar-refractivity contribution < 1.29 is 112 Å². The number of phenolic OH excluding ortho intramolecular Hbond substituents is 1. The van der Waals surface area contributed by atoms with E-state index in [2.05, 4.69) is 69.4 Å². The smallest absolute Gasteiger partial charge is 0.327 e. The van der Waals surface area contributed by atoms with Gasteiger partial charge < -0.3 is 130 Å². The molecular formula is C98H137N21O23S. The highest BCUT2D eigenvalue weighted by Crippen LogP contribution is 2.30. The fraction of sp³-hybridized carbons (Fsp3) is 0.561. The number of aliphatic hydroxyl groups excluding tert-OH is 1. The second-order valence-electron chi connectivity index (χ2n) is 37.6. The Morgan fingerprint density at radius 2 is 1.10 bits per heavy atom. The maximum Gasteiger partial charge on any atom is 0.327 e. The number of carbonyl (C=O) groups excluding carboxylic acids is 17. The van der Waals surface area contributed by atoms with Gasteiger partial charge in [-0.1, -0.05) is 116 Å². The monoisotopic (exact) mass is 2010 g/mol. The molecule has 4 fully saturated rings. The quantitative estimate of drug-likeness (QED) is 0.0240. The molecule has 9 rings (SSSR count). The lowest BCUT2D eigenvalue weighted by Gasteiger charge is -2.38. The summed E-state index contributed by atoms with van der Waals surface area (Å²) in [5.74, 6) is -18.6. The third-order valence-electron chi connectivity index (χ3n) is 25.8. The summed E-state index contributed by atoms with van der Waals surface area (Å²) in [6.45, 7) is 7.58. The summed E-state index contributed by atoms with van der Waals surface area (Å²) in [4.78, 5) is 288. The van der Waals surface area contributed by atoms with E-state index < -0.39 is 278 Å². The molecule has 0 aliphatic carbocycles.